The SMILES string of the molecule is C=C(F)F.CC(O)CO.[F-].[F-].[F-].[F-].[F-].[F-]. The van der Waals surface area contributed by atoms with Crippen LogP contribution in [0, 0.1) is 0 Å². The first-order chi connectivity index (χ1) is 4.00. The van der Waals surface area contributed by atoms with E-state index in [2.05, 4.69) is 6.58 Å². The third kappa shape index (κ3) is 1330. The molecule has 0 saturated heterocycles. The van der Waals surface area contributed by atoms with Crippen molar-refractivity contribution in [3.05, 3.63) is 12.7 Å². The van der Waals surface area contributed by atoms with E-state index in [1.807, 2.05) is 0 Å². The van der Waals surface area contributed by atoms with Crippen LogP contribution in [0.25, 0.3) is 0 Å². The Hall–Kier alpha value is -0.900. The fourth-order valence-corrected chi connectivity index (χ4v) is 0. The molecule has 104 valence electrons. The van der Waals surface area contributed by atoms with Gasteiger partial charge in [0.2, 0.25) is 0 Å². The van der Waals surface area contributed by atoms with Crippen LogP contribution in [0.4, 0.5) is 8.78 Å². The minimum absolute atomic E-state index is 0. The monoisotopic (exact) mass is 254 g/mol. The summed E-state index contributed by atoms with van der Waals surface area (Å²) in [4.78, 5) is 0. The van der Waals surface area contributed by atoms with E-state index < -0.39 is 12.2 Å². The lowest BCUT2D eigenvalue weighted by molar-refractivity contribution is -0.00100. The Balaban J connectivity index is -0.00000000785. The molecule has 0 aromatic carbocycles. The van der Waals surface area contributed by atoms with Gasteiger partial charge in [-0.2, -0.15) is 8.78 Å². The van der Waals surface area contributed by atoms with Crippen molar-refractivity contribution in [1.82, 2.24) is 0 Å². The van der Waals surface area contributed by atoms with E-state index in [-0.39, 0.29) is 34.8 Å². The maximum absolute atomic E-state index is 10.1. The number of aliphatic hydroxyl groups is 2. The molecule has 0 spiro atoms. The van der Waals surface area contributed by atoms with Crippen molar-refractivity contribution in [2.24, 2.45) is 0 Å². The zero-order valence-electron chi connectivity index (χ0n) is 7.41. The number of halogens is 8. The highest BCUT2D eigenvalue weighted by Gasteiger charge is 1.83. The summed E-state index contributed by atoms with van der Waals surface area (Å²) in [6, 6.07) is 0. The van der Waals surface area contributed by atoms with Gasteiger partial charge in [-0.15, -0.1) is 0 Å². The molecule has 15 heavy (non-hydrogen) atoms. The van der Waals surface area contributed by atoms with E-state index >= 15 is 0 Å². The van der Waals surface area contributed by atoms with Crippen molar-refractivity contribution in [3.63, 3.8) is 0 Å². The van der Waals surface area contributed by atoms with E-state index in [1.165, 1.54) is 6.92 Å². The third-order valence-corrected chi connectivity index (χ3v) is 0.264. The lowest BCUT2D eigenvalue weighted by Crippen LogP contribution is -3.00. The molecule has 0 aliphatic rings. The maximum atomic E-state index is 10.1. The van der Waals surface area contributed by atoms with Gasteiger partial charge in [-0.3, -0.25) is 0 Å². The Morgan fingerprint density at radius 3 is 1.13 bits per heavy atom. The smallest absolute Gasteiger partial charge is 0.263 e. The highest BCUT2D eigenvalue weighted by molar-refractivity contribution is 4.57. The van der Waals surface area contributed by atoms with Crippen molar-refractivity contribution >= 4 is 0 Å². The van der Waals surface area contributed by atoms with Crippen LogP contribution in [0.15, 0.2) is 12.7 Å². The van der Waals surface area contributed by atoms with Crippen molar-refractivity contribution in [3.8, 4) is 0 Å². The van der Waals surface area contributed by atoms with E-state index in [4.69, 9.17) is 10.2 Å². The molecule has 0 radical (unpaired) electrons. The second kappa shape index (κ2) is 51.5. The van der Waals surface area contributed by atoms with Crippen molar-refractivity contribution < 1.29 is 47.2 Å². The number of hydrogen-bond acceptors (Lipinski definition) is 2. The van der Waals surface area contributed by atoms with Gasteiger partial charge < -0.3 is 38.4 Å². The second-order valence-electron chi connectivity index (χ2n) is 1.37. The normalized spacial score (nSPS) is 6.73. The van der Waals surface area contributed by atoms with Crippen LogP contribution >= 0.6 is 0 Å². The predicted octanol–water partition coefficient (Wildman–Crippen LogP) is -17.2. The van der Waals surface area contributed by atoms with Crippen molar-refractivity contribution in [2.45, 2.75) is 13.0 Å². The van der Waals surface area contributed by atoms with Crippen LogP contribution in [0.5, 0.6) is 0 Å². The lowest BCUT2D eigenvalue weighted by Gasteiger charge is -1.90. The number of hydrogen-bond donors (Lipinski definition) is 2. The molecule has 1 atom stereocenters. The molecule has 0 aliphatic carbocycles. The standard InChI is InChI=1S/C3H8O2.C2H2F2.6FH/c1-3(5)2-4;1-2(3)4;;;;;;/h3-5H,2H2,1H3;1H2;6*1H/p-6. The van der Waals surface area contributed by atoms with Gasteiger partial charge in [0.15, 0.2) is 0 Å². The summed E-state index contributed by atoms with van der Waals surface area (Å²) in [5, 5.41) is 16.0. The van der Waals surface area contributed by atoms with Crippen molar-refractivity contribution in [1.29, 1.82) is 0 Å². The number of aliphatic hydroxyl groups excluding tert-OH is 2. The molecule has 2 nitrogen and oxygen atoms in total. The minimum Gasteiger partial charge on any atom is -1.00 e. The summed E-state index contributed by atoms with van der Waals surface area (Å²) in [5.74, 6) is 0. The van der Waals surface area contributed by atoms with Gasteiger partial charge in [0, 0.05) is 0 Å². The quantitative estimate of drug-likeness (QED) is 0.456. The zero-order chi connectivity index (χ0) is 7.86. The van der Waals surface area contributed by atoms with Gasteiger partial charge in [-0.1, -0.05) is 0 Å². The average Bonchev–Trinajstić information content (AvgIpc) is 1.65. The van der Waals surface area contributed by atoms with Gasteiger partial charge in [0.05, 0.1) is 12.7 Å². The van der Waals surface area contributed by atoms with Gasteiger partial charge in [-0.25, -0.2) is 0 Å². The molecule has 0 bridgehead atoms. The molecule has 0 rings (SSSR count). The molecule has 0 saturated carbocycles. The number of rotatable bonds is 1. The molecule has 2 N–H and O–H groups in total. The van der Waals surface area contributed by atoms with Gasteiger partial charge in [0.25, 0.3) is 6.08 Å². The summed E-state index contributed by atoms with van der Waals surface area (Å²) in [7, 11) is 0. The lowest BCUT2D eigenvalue weighted by atomic mass is 10.5. The molecule has 0 aromatic heterocycles. The van der Waals surface area contributed by atoms with Crippen LogP contribution in [-0.2, 0) is 0 Å². The van der Waals surface area contributed by atoms with Crippen LogP contribution in [0.1, 0.15) is 6.92 Å². The first kappa shape index (κ1) is 65.0. The Labute approximate surface area is 80.8 Å². The van der Waals surface area contributed by atoms with Gasteiger partial charge in [0.1, 0.15) is 0 Å². The summed E-state index contributed by atoms with van der Waals surface area (Å²) in [5.41, 5.74) is 0. The third-order valence-electron chi connectivity index (χ3n) is 0.264. The summed E-state index contributed by atoms with van der Waals surface area (Å²) in [6.45, 7) is 3.61. The van der Waals surface area contributed by atoms with Crippen molar-refractivity contribution in [2.75, 3.05) is 6.61 Å². The van der Waals surface area contributed by atoms with Crippen LogP contribution in [0.2, 0.25) is 0 Å². The Morgan fingerprint density at radius 1 is 1.07 bits per heavy atom. The Bertz CT molecular complexity index is 77.4. The molecule has 0 aromatic rings. The van der Waals surface area contributed by atoms with Crippen LogP contribution in [-0.4, -0.2) is 22.9 Å². The molecular weight excluding hydrogens is 244 g/mol. The first-order valence-electron chi connectivity index (χ1n) is 2.29. The van der Waals surface area contributed by atoms with E-state index in [1.54, 1.807) is 0 Å². The summed E-state index contributed by atoms with van der Waals surface area (Å²) >= 11 is 0. The molecule has 0 aliphatic heterocycles. The molecule has 10 heteroatoms. The predicted molar refractivity (Wildman–Crippen MR) is 30.1 cm³/mol. The fourth-order valence-electron chi connectivity index (χ4n) is 0. The highest BCUT2D eigenvalue weighted by atomic mass is 19.3. The van der Waals surface area contributed by atoms with Crippen LogP contribution < -0.4 is 28.2 Å². The minimum atomic E-state index is -1.83. The average molecular weight is 254 g/mol. The van der Waals surface area contributed by atoms with E-state index in [0.717, 1.165) is 0 Å². The molecule has 1 unspecified atom stereocenters. The molecule has 0 heterocycles. The fraction of sp³-hybridized carbons (Fsp3) is 0.600. The first-order valence-corrected chi connectivity index (χ1v) is 2.29. The van der Waals surface area contributed by atoms with E-state index in [9.17, 15) is 8.78 Å². The molecular formula is C5H10F8O2-6. The highest BCUT2D eigenvalue weighted by Crippen LogP contribution is 1.85. The van der Waals surface area contributed by atoms with Gasteiger partial charge >= 0.3 is 0 Å². The largest absolute Gasteiger partial charge is 1.00 e. The van der Waals surface area contributed by atoms with Crippen LogP contribution in [0.3, 0.4) is 0 Å². The Kier molecular flexibility index (Phi) is 223. The molecule has 0 fully saturated rings. The van der Waals surface area contributed by atoms with E-state index in [0.29, 0.717) is 0 Å². The second-order valence-corrected chi connectivity index (χ2v) is 1.37. The Morgan fingerprint density at radius 2 is 1.13 bits per heavy atom. The zero-order valence-corrected chi connectivity index (χ0v) is 7.41. The summed E-state index contributed by atoms with van der Waals surface area (Å²) < 4.78 is 20.3. The summed E-state index contributed by atoms with van der Waals surface area (Å²) in [6.07, 6.45) is -2.39. The maximum Gasteiger partial charge on any atom is 0.263 e. The molecule has 0 amide bonds. The van der Waals surface area contributed by atoms with Gasteiger partial charge in [-0.05, 0) is 13.5 Å². The topological polar surface area (TPSA) is 40.5 Å².